The maximum atomic E-state index is 12.9. The van der Waals surface area contributed by atoms with E-state index in [-0.39, 0.29) is 17.3 Å². The molecule has 28 heavy (non-hydrogen) atoms. The van der Waals surface area contributed by atoms with Crippen molar-refractivity contribution in [3.8, 4) is 0 Å². The van der Waals surface area contributed by atoms with Crippen LogP contribution >= 0.6 is 0 Å². The van der Waals surface area contributed by atoms with Crippen LogP contribution in [0.1, 0.15) is 54.2 Å². The van der Waals surface area contributed by atoms with Gasteiger partial charge in [0.15, 0.2) is 0 Å². The van der Waals surface area contributed by atoms with Crippen molar-refractivity contribution in [2.45, 2.75) is 44.4 Å². The lowest BCUT2D eigenvalue weighted by Gasteiger charge is -2.42. The van der Waals surface area contributed by atoms with E-state index in [4.69, 9.17) is 5.73 Å². The average molecular weight is 374 g/mol. The number of carbonyl (C=O) groups is 1. The Hall–Kier alpha value is -2.95. The number of aromatic nitrogens is 2. The Morgan fingerprint density at radius 2 is 1.93 bits per heavy atom. The van der Waals surface area contributed by atoms with Crippen LogP contribution in [0.2, 0.25) is 0 Å². The number of nitrogens with one attached hydrogen (secondary N) is 1. The summed E-state index contributed by atoms with van der Waals surface area (Å²) in [6, 6.07) is 16.3. The smallest absolute Gasteiger partial charge is 0.270 e. The maximum absolute atomic E-state index is 12.9. The summed E-state index contributed by atoms with van der Waals surface area (Å²) in [4.78, 5) is 21.5. The number of nitrogen functional groups attached to an aromatic ring is 1. The lowest BCUT2D eigenvalue weighted by atomic mass is 9.63. The number of amides is 1. The first-order chi connectivity index (χ1) is 13.6. The first-order valence-corrected chi connectivity index (χ1v) is 10.0. The van der Waals surface area contributed by atoms with Crippen LogP contribution in [0.3, 0.4) is 0 Å². The second kappa shape index (κ2) is 7.58. The van der Waals surface area contributed by atoms with E-state index in [0.717, 1.165) is 23.7 Å². The lowest BCUT2D eigenvalue weighted by molar-refractivity contribution is 0.0951. The second-order valence-corrected chi connectivity index (χ2v) is 7.64. The highest BCUT2D eigenvalue weighted by Gasteiger charge is 2.37. The first-order valence-electron chi connectivity index (χ1n) is 10.0. The standard InChI is InChI=1S/C23H26N4O/c1-2-23(12-6-13-23)17-9-10-19-18(15-17)20(27-22(24)26-19)21(28)25-14-11-16-7-4-3-5-8-16/h3-5,7-10,15H,2,6,11-14H2,1H3,(H,25,28)(H2,24,26,27). The molecule has 0 radical (unpaired) electrons. The normalized spacial score (nSPS) is 15.2. The summed E-state index contributed by atoms with van der Waals surface area (Å²) in [6.07, 6.45) is 5.53. The molecule has 144 valence electrons. The van der Waals surface area contributed by atoms with Crippen molar-refractivity contribution < 1.29 is 4.79 Å². The Balaban J connectivity index is 1.60. The Morgan fingerprint density at radius 3 is 2.61 bits per heavy atom. The highest BCUT2D eigenvalue weighted by Crippen LogP contribution is 2.46. The van der Waals surface area contributed by atoms with Gasteiger partial charge in [0.1, 0.15) is 5.69 Å². The molecule has 1 aromatic heterocycles. The fourth-order valence-electron chi connectivity index (χ4n) is 4.15. The minimum atomic E-state index is -0.202. The van der Waals surface area contributed by atoms with Crippen LogP contribution in [0.5, 0.6) is 0 Å². The third-order valence-corrected chi connectivity index (χ3v) is 6.07. The molecule has 3 N–H and O–H groups in total. The molecule has 1 heterocycles. The van der Waals surface area contributed by atoms with Gasteiger partial charge in [0.05, 0.1) is 5.52 Å². The molecule has 1 fully saturated rings. The molecule has 0 atom stereocenters. The van der Waals surface area contributed by atoms with E-state index in [1.54, 1.807) is 0 Å². The van der Waals surface area contributed by atoms with Gasteiger partial charge in [-0.25, -0.2) is 9.97 Å². The molecule has 0 saturated heterocycles. The molecule has 0 unspecified atom stereocenters. The molecular weight excluding hydrogens is 348 g/mol. The molecule has 3 aromatic rings. The fraction of sp³-hybridized carbons (Fsp3) is 0.348. The van der Waals surface area contributed by atoms with Gasteiger partial charge in [-0.15, -0.1) is 0 Å². The summed E-state index contributed by atoms with van der Waals surface area (Å²) >= 11 is 0. The first kappa shape index (κ1) is 18.4. The quantitative estimate of drug-likeness (QED) is 0.683. The predicted octanol–water partition coefficient (Wildman–Crippen LogP) is 4.02. The van der Waals surface area contributed by atoms with Gasteiger partial charge in [0, 0.05) is 11.9 Å². The van der Waals surface area contributed by atoms with Crippen LogP contribution in [-0.2, 0) is 11.8 Å². The summed E-state index contributed by atoms with van der Waals surface area (Å²) in [5.41, 5.74) is 9.65. The SMILES string of the molecule is CCC1(c2ccc3nc(N)nc(C(=O)NCCc4ccccc4)c3c2)CCC1. The van der Waals surface area contributed by atoms with Crippen molar-refractivity contribution in [3.05, 3.63) is 65.4 Å². The zero-order valence-electron chi connectivity index (χ0n) is 16.2. The Bertz CT molecular complexity index is 991. The van der Waals surface area contributed by atoms with E-state index >= 15 is 0 Å². The molecule has 5 nitrogen and oxygen atoms in total. The number of anilines is 1. The summed E-state index contributed by atoms with van der Waals surface area (Å²) in [5.74, 6) is -0.0753. The van der Waals surface area contributed by atoms with Crippen molar-refractivity contribution in [2.75, 3.05) is 12.3 Å². The Labute approximate surface area is 165 Å². The van der Waals surface area contributed by atoms with Crippen molar-refractivity contribution in [1.29, 1.82) is 0 Å². The Kier molecular flexibility index (Phi) is 4.99. The van der Waals surface area contributed by atoms with Crippen molar-refractivity contribution in [1.82, 2.24) is 15.3 Å². The number of nitrogens with zero attached hydrogens (tertiary/aromatic N) is 2. The fourth-order valence-corrected chi connectivity index (χ4v) is 4.15. The molecule has 1 amide bonds. The van der Waals surface area contributed by atoms with E-state index in [9.17, 15) is 4.79 Å². The van der Waals surface area contributed by atoms with Gasteiger partial charge in [0.25, 0.3) is 5.91 Å². The van der Waals surface area contributed by atoms with Gasteiger partial charge in [0.2, 0.25) is 5.95 Å². The molecule has 0 bridgehead atoms. The van der Waals surface area contributed by atoms with Crippen LogP contribution in [0, 0.1) is 0 Å². The monoisotopic (exact) mass is 374 g/mol. The van der Waals surface area contributed by atoms with E-state index < -0.39 is 0 Å². The molecule has 1 saturated carbocycles. The van der Waals surface area contributed by atoms with E-state index in [2.05, 4.69) is 46.5 Å². The number of rotatable bonds is 6. The minimum absolute atomic E-state index is 0.127. The van der Waals surface area contributed by atoms with Crippen LogP contribution in [0.15, 0.2) is 48.5 Å². The largest absolute Gasteiger partial charge is 0.368 e. The summed E-state index contributed by atoms with van der Waals surface area (Å²) < 4.78 is 0. The van der Waals surface area contributed by atoms with Crippen LogP contribution in [0.25, 0.3) is 10.9 Å². The average Bonchev–Trinajstić information content (AvgIpc) is 2.68. The van der Waals surface area contributed by atoms with Crippen molar-refractivity contribution >= 4 is 22.8 Å². The van der Waals surface area contributed by atoms with Gasteiger partial charge in [-0.2, -0.15) is 0 Å². The van der Waals surface area contributed by atoms with Crippen LogP contribution in [-0.4, -0.2) is 22.4 Å². The molecule has 0 aliphatic heterocycles. The molecule has 1 aliphatic rings. The van der Waals surface area contributed by atoms with Crippen molar-refractivity contribution in [3.63, 3.8) is 0 Å². The van der Waals surface area contributed by atoms with Gasteiger partial charge >= 0.3 is 0 Å². The lowest BCUT2D eigenvalue weighted by Crippen LogP contribution is -2.33. The van der Waals surface area contributed by atoms with E-state index in [1.165, 1.54) is 30.4 Å². The highest BCUT2D eigenvalue weighted by molar-refractivity contribution is 6.04. The third-order valence-electron chi connectivity index (χ3n) is 6.07. The topological polar surface area (TPSA) is 80.9 Å². The zero-order valence-corrected chi connectivity index (χ0v) is 16.2. The molecule has 4 rings (SSSR count). The third kappa shape index (κ3) is 3.44. The second-order valence-electron chi connectivity index (χ2n) is 7.64. The molecule has 2 aromatic carbocycles. The number of nitrogens with two attached hydrogens (primary N) is 1. The number of hydrogen-bond donors (Lipinski definition) is 2. The van der Waals surface area contributed by atoms with E-state index in [0.29, 0.717) is 12.2 Å². The van der Waals surface area contributed by atoms with Gasteiger partial charge < -0.3 is 11.1 Å². The van der Waals surface area contributed by atoms with Crippen molar-refractivity contribution in [2.24, 2.45) is 0 Å². The molecule has 5 heteroatoms. The predicted molar refractivity (Wildman–Crippen MR) is 112 cm³/mol. The van der Waals surface area contributed by atoms with E-state index in [1.807, 2.05) is 24.3 Å². The molecule has 1 aliphatic carbocycles. The highest BCUT2D eigenvalue weighted by atomic mass is 16.1. The number of carbonyl (C=O) groups excluding carboxylic acids is 1. The molecule has 0 spiro atoms. The summed E-state index contributed by atoms with van der Waals surface area (Å²) in [5, 5.41) is 3.76. The maximum Gasteiger partial charge on any atom is 0.270 e. The summed E-state index contributed by atoms with van der Waals surface area (Å²) in [7, 11) is 0. The Morgan fingerprint density at radius 1 is 1.14 bits per heavy atom. The number of hydrogen-bond acceptors (Lipinski definition) is 4. The minimum Gasteiger partial charge on any atom is -0.368 e. The summed E-state index contributed by atoms with van der Waals surface area (Å²) in [6.45, 7) is 2.78. The van der Waals surface area contributed by atoms with Gasteiger partial charge in [-0.1, -0.05) is 49.7 Å². The number of benzene rings is 2. The van der Waals surface area contributed by atoms with Gasteiger partial charge in [-0.05, 0) is 54.4 Å². The zero-order chi connectivity index (χ0) is 19.6. The molecular formula is C23H26N4O. The van der Waals surface area contributed by atoms with Crippen LogP contribution < -0.4 is 11.1 Å². The van der Waals surface area contributed by atoms with Gasteiger partial charge in [-0.3, -0.25) is 4.79 Å². The number of fused-ring (bicyclic) bond motifs is 1. The van der Waals surface area contributed by atoms with Crippen LogP contribution in [0.4, 0.5) is 5.95 Å².